The highest BCUT2D eigenvalue weighted by molar-refractivity contribution is 6.00. The minimum atomic E-state index is -0.780. The summed E-state index contributed by atoms with van der Waals surface area (Å²) in [6.07, 6.45) is 3.78. The van der Waals surface area contributed by atoms with E-state index in [9.17, 15) is 9.90 Å². The Morgan fingerprint density at radius 2 is 1.67 bits per heavy atom. The highest BCUT2D eigenvalue weighted by Crippen LogP contribution is 2.48. The molecule has 1 aliphatic heterocycles. The molecule has 1 spiro atoms. The maximum atomic E-state index is 13.3. The lowest BCUT2D eigenvalue weighted by Gasteiger charge is -2.41. The molecule has 1 amide bonds. The molecule has 1 heterocycles. The second kappa shape index (κ2) is 7.21. The van der Waals surface area contributed by atoms with Crippen LogP contribution in [-0.4, -0.2) is 35.9 Å². The summed E-state index contributed by atoms with van der Waals surface area (Å²) in [5.74, 6) is 0.234. The van der Waals surface area contributed by atoms with Gasteiger partial charge in [0.05, 0.1) is 23.7 Å². The summed E-state index contributed by atoms with van der Waals surface area (Å²) in [5.41, 5.74) is 1.31. The van der Waals surface area contributed by atoms with Crippen molar-refractivity contribution >= 4 is 11.6 Å². The van der Waals surface area contributed by atoms with Crippen molar-refractivity contribution in [3.63, 3.8) is 0 Å². The van der Waals surface area contributed by atoms with Gasteiger partial charge in [-0.15, -0.1) is 0 Å². The number of carbonyl (C=O) groups is 1. The third kappa shape index (κ3) is 4.22. The first-order valence-electron chi connectivity index (χ1n) is 10.3. The van der Waals surface area contributed by atoms with E-state index in [0.717, 1.165) is 31.5 Å². The molecule has 4 nitrogen and oxygen atoms in total. The molecule has 2 fully saturated rings. The molecule has 2 aliphatic rings. The van der Waals surface area contributed by atoms with E-state index in [2.05, 4.69) is 45.0 Å². The van der Waals surface area contributed by atoms with E-state index in [1.165, 1.54) is 5.56 Å². The van der Waals surface area contributed by atoms with Gasteiger partial charge in [-0.25, -0.2) is 0 Å². The number of hydrogen-bond donors (Lipinski definition) is 1. The lowest BCUT2D eigenvalue weighted by Crippen LogP contribution is -2.46. The van der Waals surface area contributed by atoms with Crippen LogP contribution in [0.25, 0.3) is 0 Å². The first kappa shape index (κ1) is 20.3. The fourth-order valence-electron chi connectivity index (χ4n) is 4.33. The second-order valence-electron chi connectivity index (χ2n) is 9.87. The Bertz CT molecular complexity index is 664. The molecule has 3 rings (SSSR count). The van der Waals surface area contributed by atoms with Gasteiger partial charge in [0.15, 0.2) is 0 Å². The Kier molecular flexibility index (Phi) is 5.44. The van der Waals surface area contributed by atoms with Gasteiger partial charge in [-0.3, -0.25) is 4.79 Å². The first-order valence-corrected chi connectivity index (χ1v) is 10.3. The Morgan fingerprint density at radius 1 is 1.07 bits per heavy atom. The molecule has 0 aromatic heterocycles. The third-order valence-electron chi connectivity index (χ3n) is 6.38. The molecular weight excluding hydrogens is 338 g/mol. The largest absolute Gasteiger partial charge is 0.387 e. The number of rotatable bonds is 4. The van der Waals surface area contributed by atoms with Gasteiger partial charge in [0.2, 0.25) is 5.91 Å². The molecule has 1 aromatic rings. The summed E-state index contributed by atoms with van der Waals surface area (Å²) in [6.45, 7) is 11.7. The number of benzene rings is 1. The highest BCUT2D eigenvalue weighted by Gasteiger charge is 2.51. The van der Waals surface area contributed by atoms with Crippen LogP contribution in [0.5, 0.6) is 0 Å². The minimum Gasteiger partial charge on any atom is -0.387 e. The van der Waals surface area contributed by atoms with Crippen LogP contribution in [0.4, 0.5) is 5.69 Å². The van der Waals surface area contributed by atoms with Crippen molar-refractivity contribution in [3.05, 3.63) is 29.8 Å². The van der Waals surface area contributed by atoms with Crippen molar-refractivity contribution in [3.8, 4) is 0 Å². The van der Waals surface area contributed by atoms with Crippen LogP contribution >= 0.6 is 0 Å². The fourth-order valence-corrected chi connectivity index (χ4v) is 4.33. The number of nitrogens with zero attached hydrogens (tertiary/aromatic N) is 1. The predicted molar refractivity (Wildman–Crippen MR) is 109 cm³/mol. The lowest BCUT2D eigenvalue weighted by molar-refractivity contribution is -0.135. The van der Waals surface area contributed by atoms with E-state index in [0.29, 0.717) is 19.4 Å². The zero-order chi connectivity index (χ0) is 19.9. The van der Waals surface area contributed by atoms with Gasteiger partial charge in [0, 0.05) is 12.2 Å². The molecule has 150 valence electrons. The smallest absolute Gasteiger partial charge is 0.233 e. The van der Waals surface area contributed by atoms with E-state index in [1.807, 2.05) is 18.7 Å². The summed E-state index contributed by atoms with van der Waals surface area (Å²) in [6, 6.07) is 8.42. The molecule has 1 N–H and O–H groups in total. The minimum absolute atomic E-state index is 0.112. The Balaban J connectivity index is 1.67. The topological polar surface area (TPSA) is 49.8 Å². The highest BCUT2D eigenvalue weighted by atomic mass is 16.5. The molecule has 4 heteroatoms. The molecular formula is C23H35NO3. The summed E-state index contributed by atoms with van der Waals surface area (Å²) < 4.78 is 5.65. The van der Waals surface area contributed by atoms with Crippen LogP contribution in [-0.2, 0) is 14.9 Å². The van der Waals surface area contributed by atoms with Crippen molar-refractivity contribution < 1.29 is 14.6 Å². The normalized spacial score (nSPS) is 29.1. The summed E-state index contributed by atoms with van der Waals surface area (Å²) in [7, 11) is 0. The van der Waals surface area contributed by atoms with Crippen LogP contribution in [0.3, 0.4) is 0 Å². The summed E-state index contributed by atoms with van der Waals surface area (Å²) >= 11 is 0. The maximum absolute atomic E-state index is 13.3. The van der Waals surface area contributed by atoms with Crippen molar-refractivity contribution in [2.75, 3.05) is 18.1 Å². The van der Waals surface area contributed by atoms with Gasteiger partial charge in [-0.2, -0.15) is 0 Å². The van der Waals surface area contributed by atoms with Crippen LogP contribution in [0.15, 0.2) is 24.3 Å². The van der Waals surface area contributed by atoms with E-state index >= 15 is 0 Å². The molecule has 27 heavy (non-hydrogen) atoms. The van der Waals surface area contributed by atoms with E-state index in [-0.39, 0.29) is 22.8 Å². The van der Waals surface area contributed by atoms with Gasteiger partial charge in [0.1, 0.15) is 0 Å². The molecule has 0 bridgehead atoms. The fraction of sp³-hybridized carbons (Fsp3) is 0.696. The second-order valence-corrected chi connectivity index (χ2v) is 9.87. The zero-order valence-electron chi connectivity index (χ0n) is 17.5. The van der Waals surface area contributed by atoms with Crippen LogP contribution in [0.2, 0.25) is 0 Å². The number of amides is 1. The SMILES string of the molecule is CC(C)OC[C@]1(O)CC[C@]2(CCN(c3ccc(C(C)(C)C)cc3)C2=O)CC1. The van der Waals surface area contributed by atoms with Gasteiger partial charge >= 0.3 is 0 Å². The van der Waals surface area contributed by atoms with Crippen LogP contribution in [0.1, 0.15) is 72.3 Å². The Labute approximate surface area is 163 Å². The molecule has 1 saturated heterocycles. The van der Waals surface area contributed by atoms with Crippen LogP contribution in [0, 0.1) is 5.41 Å². The molecule has 0 radical (unpaired) electrons. The van der Waals surface area contributed by atoms with E-state index in [4.69, 9.17) is 4.74 Å². The number of hydrogen-bond acceptors (Lipinski definition) is 3. The van der Waals surface area contributed by atoms with Gasteiger partial charge in [-0.1, -0.05) is 32.9 Å². The summed E-state index contributed by atoms with van der Waals surface area (Å²) in [5, 5.41) is 10.8. The average molecular weight is 374 g/mol. The Morgan fingerprint density at radius 3 is 2.19 bits per heavy atom. The number of anilines is 1. The zero-order valence-corrected chi connectivity index (χ0v) is 17.5. The molecule has 1 saturated carbocycles. The van der Waals surface area contributed by atoms with Gasteiger partial charge in [-0.05, 0) is 69.1 Å². The van der Waals surface area contributed by atoms with Crippen LogP contribution < -0.4 is 4.90 Å². The molecule has 0 atom stereocenters. The number of aliphatic hydroxyl groups is 1. The van der Waals surface area contributed by atoms with Gasteiger partial charge in [0.25, 0.3) is 0 Å². The summed E-state index contributed by atoms with van der Waals surface area (Å²) in [4.78, 5) is 15.2. The maximum Gasteiger partial charge on any atom is 0.233 e. The van der Waals surface area contributed by atoms with E-state index < -0.39 is 5.60 Å². The van der Waals surface area contributed by atoms with Crippen molar-refractivity contribution in [2.45, 2.75) is 83.8 Å². The number of ether oxygens (including phenoxy) is 1. The lowest BCUT2D eigenvalue weighted by atomic mass is 9.68. The quantitative estimate of drug-likeness (QED) is 0.849. The van der Waals surface area contributed by atoms with Crippen molar-refractivity contribution in [1.82, 2.24) is 0 Å². The molecule has 1 aromatic carbocycles. The monoisotopic (exact) mass is 373 g/mol. The van der Waals surface area contributed by atoms with Crippen molar-refractivity contribution in [1.29, 1.82) is 0 Å². The van der Waals surface area contributed by atoms with Gasteiger partial charge < -0.3 is 14.7 Å². The predicted octanol–water partition coefficient (Wildman–Crippen LogP) is 4.44. The Hall–Kier alpha value is -1.39. The third-order valence-corrected chi connectivity index (χ3v) is 6.38. The first-order chi connectivity index (χ1) is 12.5. The molecule has 1 aliphatic carbocycles. The van der Waals surface area contributed by atoms with E-state index in [1.54, 1.807) is 0 Å². The standard InChI is InChI=1S/C23H35NO3/c1-17(2)27-16-23(26)12-10-22(11-13-23)14-15-24(20(22)25)19-8-6-18(7-9-19)21(3,4)5/h6-9,17,26H,10-16H2,1-5H3/t22-,23+. The number of carbonyl (C=O) groups excluding carboxylic acids is 1. The molecule has 0 unspecified atom stereocenters. The van der Waals surface area contributed by atoms with Crippen molar-refractivity contribution in [2.24, 2.45) is 5.41 Å². The average Bonchev–Trinajstić information content (AvgIpc) is 2.93.